The maximum Gasteiger partial charge on any atom is 0.312 e. The topological polar surface area (TPSA) is 52.6 Å². The van der Waals surface area contributed by atoms with Crippen LogP contribution < -0.4 is 0 Å². The second-order valence-corrected chi connectivity index (χ2v) is 14.0. The summed E-state index contributed by atoms with van der Waals surface area (Å²) in [6, 6.07) is 0. The predicted molar refractivity (Wildman–Crippen MR) is 122 cm³/mol. The molecule has 0 saturated heterocycles. The molecular formula is C28H42O4. The first kappa shape index (κ1) is 21.5. The third-order valence-corrected chi connectivity index (χ3v) is 10.8. The third kappa shape index (κ3) is 2.92. The van der Waals surface area contributed by atoms with Crippen molar-refractivity contribution >= 4 is 11.9 Å². The Labute approximate surface area is 193 Å². The van der Waals surface area contributed by atoms with Gasteiger partial charge < -0.3 is 9.47 Å². The van der Waals surface area contributed by atoms with Gasteiger partial charge in [0.05, 0.1) is 23.0 Å². The van der Waals surface area contributed by atoms with E-state index in [-0.39, 0.29) is 45.8 Å². The van der Waals surface area contributed by atoms with Gasteiger partial charge in [0.2, 0.25) is 0 Å². The highest BCUT2D eigenvalue weighted by molar-refractivity contribution is 5.79. The van der Waals surface area contributed by atoms with Crippen molar-refractivity contribution < 1.29 is 19.1 Å². The SMILES string of the molecule is CC(C)OC(=O)C12CC3CC(C1)CC(C14CC5CC(CC(C(=O)OC(C)C)(C5)C1)C4)(C3)C2. The first-order valence-corrected chi connectivity index (χ1v) is 13.5. The Kier molecular flexibility index (Phi) is 4.53. The zero-order valence-electron chi connectivity index (χ0n) is 20.6. The van der Waals surface area contributed by atoms with Gasteiger partial charge in [-0.05, 0) is 139 Å². The van der Waals surface area contributed by atoms with Crippen LogP contribution >= 0.6 is 0 Å². The van der Waals surface area contributed by atoms with E-state index in [1.807, 2.05) is 27.7 Å². The van der Waals surface area contributed by atoms with Crippen molar-refractivity contribution in [1.82, 2.24) is 0 Å². The summed E-state index contributed by atoms with van der Waals surface area (Å²) < 4.78 is 11.8. The van der Waals surface area contributed by atoms with Crippen molar-refractivity contribution in [2.75, 3.05) is 0 Å². The largest absolute Gasteiger partial charge is 0.463 e. The molecule has 8 saturated carbocycles. The minimum Gasteiger partial charge on any atom is -0.463 e. The fraction of sp³-hybridized carbons (Fsp3) is 0.929. The lowest BCUT2D eigenvalue weighted by molar-refractivity contribution is -0.246. The molecule has 178 valence electrons. The molecule has 8 aliphatic rings. The summed E-state index contributed by atoms with van der Waals surface area (Å²) in [5.74, 6) is 2.85. The monoisotopic (exact) mass is 442 g/mol. The molecule has 0 aliphatic heterocycles. The Morgan fingerprint density at radius 3 is 1.19 bits per heavy atom. The average molecular weight is 443 g/mol. The number of hydrogen-bond acceptors (Lipinski definition) is 4. The van der Waals surface area contributed by atoms with Crippen LogP contribution in [0.25, 0.3) is 0 Å². The molecule has 0 heterocycles. The van der Waals surface area contributed by atoms with E-state index in [9.17, 15) is 9.59 Å². The van der Waals surface area contributed by atoms with Crippen LogP contribution in [0.5, 0.6) is 0 Å². The van der Waals surface area contributed by atoms with Gasteiger partial charge in [-0.25, -0.2) is 0 Å². The van der Waals surface area contributed by atoms with Crippen LogP contribution in [-0.2, 0) is 19.1 Å². The van der Waals surface area contributed by atoms with Crippen molar-refractivity contribution in [3.8, 4) is 0 Å². The molecule has 0 spiro atoms. The maximum atomic E-state index is 13.5. The van der Waals surface area contributed by atoms with Gasteiger partial charge in [-0.15, -0.1) is 0 Å². The molecule has 8 rings (SSSR count). The summed E-state index contributed by atoms with van der Waals surface area (Å²) in [6.45, 7) is 7.93. The molecule has 0 radical (unpaired) electrons. The van der Waals surface area contributed by atoms with Gasteiger partial charge in [0.15, 0.2) is 0 Å². The van der Waals surface area contributed by atoms with E-state index >= 15 is 0 Å². The number of carbonyl (C=O) groups is 2. The molecule has 32 heavy (non-hydrogen) atoms. The summed E-state index contributed by atoms with van der Waals surface area (Å²) >= 11 is 0. The van der Waals surface area contributed by atoms with Crippen LogP contribution in [-0.4, -0.2) is 24.1 Å². The van der Waals surface area contributed by atoms with E-state index in [1.165, 1.54) is 38.5 Å². The molecule has 0 aromatic carbocycles. The lowest BCUT2D eigenvalue weighted by Crippen LogP contribution is -2.66. The molecule has 8 bridgehead atoms. The third-order valence-electron chi connectivity index (χ3n) is 10.8. The molecule has 4 nitrogen and oxygen atoms in total. The molecule has 4 heteroatoms. The summed E-state index contributed by atoms with van der Waals surface area (Å²) in [6.07, 6.45) is 13.9. The molecule has 8 aliphatic carbocycles. The molecule has 4 unspecified atom stereocenters. The summed E-state index contributed by atoms with van der Waals surface area (Å²) in [5, 5.41) is 0. The van der Waals surface area contributed by atoms with Crippen LogP contribution in [0.15, 0.2) is 0 Å². The zero-order chi connectivity index (χ0) is 22.5. The predicted octanol–water partition coefficient (Wildman–Crippen LogP) is 6.06. The first-order chi connectivity index (χ1) is 15.1. The number of ether oxygens (including phenoxy) is 2. The number of rotatable bonds is 5. The van der Waals surface area contributed by atoms with E-state index in [1.54, 1.807) is 0 Å². The van der Waals surface area contributed by atoms with Gasteiger partial charge in [-0.3, -0.25) is 9.59 Å². The summed E-state index contributed by atoms with van der Waals surface area (Å²) in [7, 11) is 0. The lowest BCUT2D eigenvalue weighted by Gasteiger charge is -2.73. The van der Waals surface area contributed by atoms with Crippen LogP contribution in [0.4, 0.5) is 0 Å². The van der Waals surface area contributed by atoms with E-state index in [0.717, 1.165) is 38.5 Å². The fourth-order valence-electron chi connectivity index (χ4n) is 10.9. The van der Waals surface area contributed by atoms with Crippen LogP contribution in [0, 0.1) is 45.3 Å². The van der Waals surface area contributed by atoms with Gasteiger partial charge in [-0.1, -0.05) is 0 Å². The Balaban J connectivity index is 1.37. The normalized spacial score (nSPS) is 50.3. The van der Waals surface area contributed by atoms with Gasteiger partial charge in [0.25, 0.3) is 0 Å². The Morgan fingerprint density at radius 2 is 0.906 bits per heavy atom. The minimum absolute atomic E-state index is 0.0416. The zero-order valence-corrected chi connectivity index (χ0v) is 20.6. The van der Waals surface area contributed by atoms with E-state index in [2.05, 4.69) is 0 Å². The molecule has 4 atom stereocenters. The maximum absolute atomic E-state index is 13.5. The number of esters is 2. The lowest BCUT2D eigenvalue weighted by atomic mass is 9.31. The van der Waals surface area contributed by atoms with E-state index in [0.29, 0.717) is 23.7 Å². The Morgan fingerprint density at radius 1 is 0.594 bits per heavy atom. The van der Waals surface area contributed by atoms with Gasteiger partial charge in [0, 0.05) is 0 Å². The summed E-state index contributed by atoms with van der Waals surface area (Å²) in [5.41, 5.74) is -0.0605. The van der Waals surface area contributed by atoms with Gasteiger partial charge >= 0.3 is 11.9 Å². The van der Waals surface area contributed by atoms with Crippen molar-refractivity contribution in [2.45, 2.75) is 117 Å². The molecule has 0 aromatic heterocycles. The highest BCUT2D eigenvalue weighted by Crippen LogP contribution is 2.78. The fourth-order valence-corrected chi connectivity index (χ4v) is 10.9. The second kappa shape index (κ2) is 6.75. The van der Waals surface area contributed by atoms with Crippen molar-refractivity contribution in [3.05, 3.63) is 0 Å². The standard InChI is InChI=1S/C28H42O4/c1-17(2)31-23(29)25-7-19-5-20(8-25)12-27(11-19,15-25)28-13-21-6-22(14-28)10-26(9-21,16-28)24(30)32-18(3)4/h17-22H,5-16H2,1-4H3. The van der Waals surface area contributed by atoms with Gasteiger partial charge in [-0.2, -0.15) is 0 Å². The van der Waals surface area contributed by atoms with Crippen LogP contribution in [0.3, 0.4) is 0 Å². The Bertz CT molecular complexity index is 729. The summed E-state index contributed by atoms with van der Waals surface area (Å²) in [4.78, 5) is 26.9. The van der Waals surface area contributed by atoms with Crippen molar-refractivity contribution in [2.24, 2.45) is 45.3 Å². The van der Waals surface area contributed by atoms with E-state index < -0.39 is 0 Å². The molecule has 0 amide bonds. The molecular weight excluding hydrogens is 400 g/mol. The van der Waals surface area contributed by atoms with Crippen LogP contribution in [0.1, 0.15) is 105 Å². The van der Waals surface area contributed by atoms with Crippen LogP contribution in [0.2, 0.25) is 0 Å². The molecule has 8 fully saturated rings. The highest BCUT2D eigenvalue weighted by Gasteiger charge is 2.72. The number of hydrogen-bond donors (Lipinski definition) is 0. The minimum atomic E-state index is -0.261. The quantitative estimate of drug-likeness (QED) is 0.485. The van der Waals surface area contributed by atoms with Gasteiger partial charge in [0.1, 0.15) is 0 Å². The van der Waals surface area contributed by atoms with E-state index in [4.69, 9.17) is 9.47 Å². The van der Waals surface area contributed by atoms with Crippen molar-refractivity contribution in [1.29, 1.82) is 0 Å². The smallest absolute Gasteiger partial charge is 0.312 e. The average Bonchev–Trinajstić information content (AvgIpc) is 2.65. The molecule has 0 N–H and O–H groups in total. The second-order valence-electron chi connectivity index (χ2n) is 14.0. The molecule has 0 aromatic rings. The highest BCUT2D eigenvalue weighted by atomic mass is 16.5. The first-order valence-electron chi connectivity index (χ1n) is 13.5. The van der Waals surface area contributed by atoms with Crippen molar-refractivity contribution in [3.63, 3.8) is 0 Å². The Hall–Kier alpha value is -1.06. The number of carbonyl (C=O) groups excluding carboxylic acids is 2.